The van der Waals surface area contributed by atoms with Crippen molar-refractivity contribution in [1.29, 1.82) is 0 Å². The van der Waals surface area contributed by atoms with Gasteiger partial charge in [0.05, 0.1) is 12.4 Å². The van der Waals surface area contributed by atoms with Crippen molar-refractivity contribution in [3.8, 4) is 0 Å². The molecule has 0 radical (unpaired) electrons. The SMILES string of the molecule is CCCNC(CSCCS(C)(=O)=O)C1CCOC1. The van der Waals surface area contributed by atoms with E-state index in [0.29, 0.717) is 17.7 Å². The molecule has 0 spiro atoms. The van der Waals surface area contributed by atoms with E-state index in [9.17, 15) is 8.42 Å². The van der Waals surface area contributed by atoms with E-state index in [0.717, 1.165) is 38.4 Å². The summed E-state index contributed by atoms with van der Waals surface area (Å²) >= 11 is 1.73. The number of rotatable bonds is 9. The molecule has 4 nitrogen and oxygen atoms in total. The fraction of sp³-hybridized carbons (Fsp3) is 1.00. The topological polar surface area (TPSA) is 55.4 Å². The van der Waals surface area contributed by atoms with Gasteiger partial charge in [0.15, 0.2) is 0 Å². The highest BCUT2D eigenvalue weighted by Gasteiger charge is 2.25. The zero-order valence-electron chi connectivity index (χ0n) is 11.4. The second-order valence-electron chi connectivity index (χ2n) is 4.89. The van der Waals surface area contributed by atoms with Gasteiger partial charge in [-0.1, -0.05) is 6.92 Å². The van der Waals surface area contributed by atoms with Gasteiger partial charge < -0.3 is 10.1 Å². The number of hydrogen-bond donors (Lipinski definition) is 1. The van der Waals surface area contributed by atoms with Crippen LogP contribution >= 0.6 is 11.8 Å². The lowest BCUT2D eigenvalue weighted by molar-refractivity contribution is 0.179. The third-order valence-corrected chi connectivity index (χ3v) is 5.38. The van der Waals surface area contributed by atoms with Crippen LogP contribution in [0, 0.1) is 5.92 Å². The highest BCUT2D eigenvalue weighted by atomic mass is 32.2. The Kier molecular flexibility index (Phi) is 7.60. The van der Waals surface area contributed by atoms with Crippen molar-refractivity contribution in [2.24, 2.45) is 5.92 Å². The monoisotopic (exact) mass is 295 g/mol. The van der Waals surface area contributed by atoms with Gasteiger partial charge >= 0.3 is 0 Å². The van der Waals surface area contributed by atoms with Gasteiger partial charge in [0, 0.05) is 36.3 Å². The first-order chi connectivity index (χ1) is 8.53. The van der Waals surface area contributed by atoms with E-state index in [4.69, 9.17) is 4.74 Å². The minimum Gasteiger partial charge on any atom is -0.381 e. The minimum absolute atomic E-state index is 0.277. The molecule has 6 heteroatoms. The first-order valence-electron chi connectivity index (χ1n) is 6.59. The zero-order valence-corrected chi connectivity index (χ0v) is 13.0. The van der Waals surface area contributed by atoms with Crippen LogP contribution in [0.25, 0.3) is 0 Å². The van der Waals surface area contributed by atoms with E-state index in [2.05, 4.69) is 12.2 Å². The van der Waals surface area contributed by atoms with Gasteiger partial charge in [-0.15, -0.1) is 0 Å². The molecular weight excluding hydrogens is 270 g/mol. The molecule has 1 fully saturated rings. The van der Waals surface area contributed by atoms with Gasteiger partial charge in [-0.05, 0) is 19.4 Å². The maximum atomic E-state index is 11.1. The van der Waals surface area contributed by atoms with Gasteiger partial charge in [-0.3, -0.25) is 0 Å². The van der Waals surface area contributed by atoms with Crippen molar-refractivity contribution in [1.82, 2.24) is 5.32 Å². The number of nitrogens with one attached hydrogen (secondary N) is 1. The van der Waals surface area contributed by atoms with E-state index >= 15 is 0 Å². The second kappa shape index (κ2) is 8.40. The largest absolute Gasteiger partial charge is 0.381 e. The fourth-order valence-electron chi connectivity index (χ4n) is 1.98. The lowest BCUT2D eigenvalue weighted by Gasteiger charge is -2.23. The summed E-state index contributed by atoms with van der Waals surface area (Å²) in [6, 6.07) is 0.456. The van der Waals surface area contributed by atoms with Crippen molar-refractivity contribution in [3.05, 3.63) is 0 Å². The highest BCUT2D eigenvalue weighted by Crippen LogP contribution is 2.20. The Hall–Kier alpha value is 0.220. The molecule has 1 N–H and O–H groups in total. The van der Waals surface area contributed by atoms with Crippen molar-refractivity contribution in [2.75, 3.05) is 43.3 Å². The molecule has 1 rings (SSSR count). The van der Waals surface area contributed by atoms with E-state index in [1.807, 2.05) is 0 Å². The minimum atomic E-state index is -2.82. The van der Waals surface area contributed by atoms with Gasteiger partial charge in [0.25, 0.3) is 0 Å². The summed E-state index contributed by atoms with van der Waals surface area (Å²) in [5, 5.41) is 3.56. The molecule has 0 bridgehead atoms. The van der Waals surface area contributed by atoms with Crippen LogP contribution in [0.3, 0.4) is 0 Å². The molecule has 0 aromatic rings. The molecule has 1 heterocycles. The molecule has 0 saturated carbocycles. The van der Waals surface area contributed by atoms with E-state index < -0.39 is 9.84 Å². The molecule has 18 heavy (non-hydrogen) atoms. The average Bonchev–Trinajstić information content (AvgIpc) is 2.80. The summed E-state index contributed by atoms with van der Waals surface area (Å²) in [6.07, 6.45) is 3.54. The smallest absolute Gasteiger partial charge is 0.148 e. The molecule has 108 valence electrons. The number of ether oxygens (including phenoxy) is 1. The van der Waals surface area contributed by atoms with Gasteiger partial charge in [0.2, 0.25) is 0 Å². The quantitative estimate of drug-likeness (QED) is 0.647. The van der Waals surface area contributed by atoms with E-state index in [1.54, 1.807) is 11.8 Å². The zero-order chi connectivity index (χ0) is 13.4. The normalized spacial score (nSPS) is 22.2. The number of hydrogen-bond acceptors (Lipinski definition) is 5. The Morgan fingerprint density at radius 2 is 2.28 bits per heavy atom. The molecule has 1 aliphatic rings. The molecule has 0 aromatic heterocycles. The summed E-state index contributed by atoms with van der Waals surface area (Å²) in [5.74, 6) is 2.53. The van der Waals surface area contributed by atoms with E-state index in [-0.39, 0.29) is 5.75 Å². The fourth-order valence-corrected chi connectivity index (χ4v) is 4.48. The molecule has 1 saturated heterocycles. The van der Waals surface area contributed by atoms with Crippen LogP contribution in [0.5, 0.6) is 0 Å². The van der Waals surface area contributed by atoms with Gasteiger partial charge in [-0.2, -0.15) is 11.8 Å². The summed E-state index contributed by atoms with van der Waals surface area (Å²) in [6.45, 7) is 4.89. The van der Waals surface area contributed by atoms with Crippen LogP contribution in [-0.4, -0.2) is 57.7 Å². The molecule has 0 aliphatic carbocycles. The van der Waals surface area contributed by atoms with Crippen molar-refractivity contribution in [2.45, 2.75) is 25.8 Å². The molecular formula is C12H25NO3S2. The highest BCUT2D eigenvalue weighted by molar-refractivity contribution is 8.00. The van der Waals surface area contributed by atoms with Crippen molar-refractivity contribution < 1.29 is 13.2 Å². The molecule has 2 atom stereocenters. The molecule has 2 unspecified atom stereocenters. The Balaban J connectivity index is 2.27. The molecule has 0 aromatic carbocycles. The Labute approximate surface area is 115 Å². The first kappa shape index (κ1) is 16.3. The number of thioether (sulfide) groups is 1. The molecule has 0 amide bonds. The van der Waals surface area contributed by atoms with Crippen LogP contribution in [0.15, 0.2) is 0 Å². The second-order valence-corrected chi connectivity index (χ2v) is 8.30. The first-order valence-corrected chi connectivity index (χ1v) is 9.81. The predicted molar refractivity (Wildman–Crippen MR) is 78.0 cm³/mol. The molecule has 1 aliphatic heterocycles. The van der Waals surface area contributed by atoms with Crippen LogP contribution < -0.4 is 5.32 Å². The van der Waals surface area contributed by atoms with Crippen LogP contribution in [0.2, 0.25) is 0 Å². The van der Waals surface area contributed by atoms with Crippen LogP contribution in [0.1, 0.15) is 19.8 Å². The standard InChI is InChI=1S/C12H25NO3S2/c1-3-5-13-12(11-4-6-16-9-11)10-17-7-8-18(2,14)15/h11-13H,3-10H2,1-2H3. The summed E-state index contributed by atoms with van der Waals surface area (Å²) in [7, 11) is -2.82. The average molecular weight is 295 g/mol. The van der Waals surface area contributed by atoms with Gasteiger partial charge in [-0.25, -0.2) is 8.42 Å². The summed E-state index contributed by atoms with van der Waals surface area (Å²) in [5.41, 5.74) is 0. The van der Waals surface area contributed by atoms with Crippen LogP contribution in [-0.2, 0) is 14.6 Å². The van der Waals surface area contributed by atoms with Gasteiger partial charge in [0.1, 0.15) is 9.84 Å². The Morgan fingerprint density at radius 1 is 1.50 bits per heavy atom. The maximum Gasteiger partial charge on any atom is 0.148 e. The lowest BCUT2D eigenvalue weighted by Crippen LogP contribution is -2.39. The van der Waals surface area contributed by atoms with E-state index in [1.165, 1.54) is 6.26 Å². The van der Waals surface area contributed by atoms with Crippen molar-refractivity contribution in [3.63, 3.8) is 0 Å². The maximum absolute atomic E-state index is 11.1. The number of sulfone groups is 1. The van der Waals surface area contributed by atoms with Crippen LogP contribution in [0.4, 0.5) is 0 Å². The van der Waals surface area contributed by atoms with Crippen molar-refractivity contribution >= 4 is 21.6 Å². The Morgan fingerprint density at radius 3 is 2.83 bits per heavy atom. The third-order valence-electron chi connectivity index (χ3n) is 3.09. The summed E-state index contributed by atoms with van der Waals surface area (Å²) in [4.78, 5) is 0. The predicted octanol–water partition coefficient (Wildman–Crippen LogP) is 1.17. The third kappa shape index (κ3) is 6.97. The summed E-state index contributed by atoms with van der Waals surface area (Å²) < 4.78 is 27.5. The lowest BCUT2D eigenvalue weighted by atomic mass is 10.0. The Bertz CT molecular complexity index is 313.